The van der Waals surface area contributed by atoms with Gasteiger partial charge < -0.3 is 10.4 Å². The Hall–Kier alpha value is 0.270. The first kappa shape index (κ1) is 12.7. The number of hydrogen-bond donors (Lipinski definition) is 2. The average molecular weight is 243 g/mol. The standard InChI is InChI=1S/C13H25NOS/c15-10-12-4-2-1-3-11(12)9-14-13-5-7-16-8-6-13/h11-15H,1-10H2. The summed E-state index contributed by atoms with van der Waals surface area (Å²) in [5.41, 5.74) is 0. The number of rotatable bonds is 4. The molecule has 1 saturated heterocycles. The first-order chi connectivity index (χ1) is 7.90. The van der Waals surface area contributed by atoms with Gasteiger partial charge in [-0.2, -0.15) is 11.8 Å². The first-order valence-corrected chi connectivity index (χ1v) is 7.97. The molecule has 2 atom stereocenters. The molecule has 1 aliphatic heterocycles. The van der Waals surface area contributed by atoms with Crippen LogP contribution in [0.1, 0.15) is 38.5 Å². The maximum absolute atomic E-state index is 9.37. The molecule has 0 aromatic heterocycles. The summed E-state index contributed by atoms with van der Waals surface area (Å²) in [6.45, 7) is 1.54. The van der Waals surface area contributed by atoms with Crippen LogP contribution in [0.25, 0.3) is 0 Å². The first-order valence-electron chi connectivity index (χ1n) is 6.82. The van der Waals surface area contributed by atoms with Crippen molar-refractivity contribution in [2.75, 3.05) is 24.7 Å². The summed E-state index contributed by atoms with van der Waals surface area (Å²) in [5.74, 6) is 3.95. The molecule has 0 aromatic rings. The Labute approximate surface area is 104 Å². The molecule has 0 radical (unpaired) electrons. The molecule has 0 amide bonds. The molecular formula is C13H25NOS. The number of nitrogens with one attached hydrogen (secondary N) is 1. The number of aliphatic hydroxyl groups excluding tert-OH is 1. The minimum absolute atomic E-state index is 0.396. The molecule has 16 heavy (non-hydrogen) atoms. The van der Waals surface area contributed by atoms with Gasteiger partial charge >= 0.3 is 0 Å². The van der Waals surface area contributed by atoms with Gasteiger partial charge in [-0.3, -0.25) is 0 Å². The summed E-state index contributed by atoms with van der Waals surface area (Å²) in [6.07, 6.45) is 7.91. The predicted octanol–water partition coefficient (Wildman–Crippen LogP) is 2.27. The van der Waals surface area contributed by atoms with Gasteiger partial charge in [-0.1, -0.05) is 12.8 Å². The van der Waals surface area contributed by atoms with E-state index in [0.29, 0.717) is 12.5 Å². The van der Waals surface area contributed by atoms with Crippen molar-refractivity contribution in [1.82, 2.24) is 5.32 Å². The van der Waals surface area contributed by atoms with Crippen LogP contribution in [-0.2, 0) is 0 Å². The molecule has 2 N–H and O–H groups in total. The lowest BCUT2D eigenvalue weighted by Crippen LogP contribution is -2.39. The lowest BCUT2D eigenvalue weighted by Gasteiger charge is -2.32. The van der Waals surface area contributed by atoms with E-state index in [1.807, 2.05) is 0 Å². The van der Waals surface area contributed by atoms with Crippen molar-refractivity contribution in [1.29, 1.82) is 0 Å². The van der Waals surface area contributed by atoms with Crippen LogP contribution in [0.2, 0.25) is 0 Å². The SMILES string of the molecule is OCC1CCCCC1CNC1CCSCC1. The topological polar surface area (TPSA) is 32.3 Å². The Morgan fingerprint density at radius 1 is 1.00 bits per heavy atom. The summed E-state index contributed by atoms with van der Waals surface area (Å²) in [4.78, 5) is 0. The number of hydrogen-bond acceptors (Lipinski definition) is 3. The van der Waals surface area contributed by atoms with E-state index < -0.39 is 0 Å². The molecule has 3 heteroatoms. The normalized spacial score (nSPS) is 32.8. The van der Waals surface area contributed by atoms with Crippen molar-refractivity contribution >= 4 is 11.8 Å². The summed E-state index contributed by atoms with van der Waals surface area (Å²) in [7, 11) is 0. The maximum Gasteiger partial charge on any atom is 0.0462 e. The van der Waals surface area contributed by atoms with E-state index in [-0.39, 0.29) is 0 Å². The van der Waals surface area contributed by atoms with Crippen molar-refractivity contribution in [3.63, 3.8) is 0 Å². The second kappa shape index (κ2) is 6.87. The van der Waals surface area contributed by atoms with Crippen molar-refractivity contribution < 1.29 is 5.11 Å². The minimum Gasteiger partial charge on any atom is -0.396 e. The lowest BCUT2D eigenvalue weighted by atomic mass is 9.79. The van der Waals surface area contributed by atoms with E-state index in [1.54, 1.807) is 0 Å². The van der Waals surface area contributed by atoms with Crippen molar-refractivity contribution in [3.05, 3.63) is 0 Å². The zero-order valence-corrected chi connectivity index (χ0v) is 11.0. The van der Waals surface area contributed by atoms with E-state index >= 15 is 0 Å². The van der Waals surface area contributed by atoms with Gasteiger partial charge in [0.25, 0.3) is 0 Å². The Morgan fingerprint density at radius 2 is 1.69 bits per heavy atom. The largest absolute Gasteiger partial charge is 0.396 e. The van der Waals surface area contributed by atoms with Crippen molar-refractivity contribution in [2.24, 2.45) is 11.8 Å². The number of thioether (sulfide) groups is 1. The molecule has 2 nitrogen and oxygen atoms in total. The average Bonchev–Trinajstić information content (AvgIpc) is 2.38. The van der Waals surface area contributed by atoms with E-state index in [0.717, 1.165) is 18.5 Å². The highest BCUT2D eigenvalue weighted by Crippen LogP contribution is 2.29. The highest BCUT2D eigenvalue weighted by atomic mass is 32.2. The van der Waals surface area contributed by atoms with Gasteiger partial charge in [0.1, 0.15) is 0 Å². The molecule has 0 spiro atoms. The van der Waals surface area contributed by atoms with E-state index in [9.17, 15) is 5.11 Å². The zero-order chi connectivity index (χ0) is 11.2. The van der Waals surface area contributed by atoms with Gasteiger partial charge in [0.2, 0.25) is 0 Å². The van der Waals surface area contributed by atoms with Crippen LogP contribution in [0, 0.1) is 11.8 Å². The molecule has 1 heterocycles. The monoisotopic (exact) mass is 243 g/mol. The van der Waals surface area contributed by atoms with Gasteiger partial charge in [0.15, 0.2) is 0 Å². The fraction of sp³-hybridized carbons (Fsp3) is 1.00. The zero-order valence-electron chi connectivity index (χ0n) is 10.2. The third kappa shape index (κ3) is 3.64. The molecule has 0 aromatic carbocycles. The maximum atomic E-state index is 9.37. The van der Waals surface area contributed by atoms with Gasteiger partial charge in [-0.25, -0.2) is 0 Å². The van der Waals surface area contributed by atoms with Crippen LogP contribution < -0.4 is 5.32 Å². The summed E-state index contributed by atoms with van der Waals surface area (Å²) >= 11 is 2.09. The third-order valence-electron chi connectivity index (χ3n) is 4.19. The Bertz CT molecular complexity index is 194. The van der Waals surface area contributed by atoms with E-state index in [1.165, 1.54) is 50.0 Å². The highest BCUT2D eigenvalue weighted by molar-refractivity contribution is 7.99. The molecule has 1 saturated carbocycles. The molecule has 2 unspecified atom stereocenters. The minimum atomic E-state index is 0.396. The molecule has 94 valence electrons. The van der Waals surface area contributed by atoms with Crippen LogP contribution in [0.5, 0.6) is 0 Å². The van der Waals surface area contributed by atoms with Gasteiger partial charge in [-0.15, -0.1) is 0 Å². The molecule has 0 bridgehead atoms. The van der Waals surface area contributed by atoms with Gasteiger partial charge in [0, 0.05) is 12.6 Å². The fourth-order valence-electron chi connectivity index (χ4n) is 3.01. The van der Waals surface area contributed by atoms with Crippen LogP contribution in [0.4, 0.5) is 0 Å². The molecule has 2 fully saturated rings. The third-order valence-corrected chi connectivity index (χ3v) is 5.24. The molecule has 2 aliphatic rings. The Balaban J connectivity index is 1.70. The number of aliphatic hydroxyl groups is 1. The lowest BCUT2D eigenvalue weighted by molar-refractivity contribution is 0.130. The van der Waals surface area contributed by atoms with Gasteiger partial charge in [0.05, 0.1) is 0 Å². The molecule has 2 rings (SSSR count). The fourth-order valence-corrected chi connectivity index (χ4v) is 4.12. The predicted molar refractivity (Wildman–Crippen MR) is 70.9 cm³/mol. The van der Waals surface area contributed by atoms with Crippen molar-refractivity contribution in [2.45, 2.75) is 44.6 Å². The second-order valence-electron chi connectivity index (χ2n) is 5.28. The highest BCUT2D eigenvalue weighted by Gasteiger charge is 2.25. The summed E-state index contributed by atoms with van der Waals surface area (Å²) in [5, 5.41) is 13.1. The van der Waals surface area contributed by atoms with E-state index in [4.69, 9.17) is 0 Å². The Morgan fingerprint density at radius 3 is 2.38 bits per heavy atom. The summed E-state index contributed by atoms with van der Waals surface area (Å²) in [6, 6.07) is 0.752. The second-order valence-corrected chi connectivity index (χ2v) is 6.51. The quantitative estimate of drug-likeness (QED) is 0.794. The molecular weight excluding hydrogens is 218 g/mol. The van der Waals surface area contributed by atoms with Crippen LogP contribution in [0.15, 0.2) is 0 Å². The van der Waals surface area contributed by atoms with Gasteiger partial charge in [-0.05, 0) is 55.6 Å². The van der Waals surface area contributed by atoms with Crippen molar-refractivity contribution in [3.8, 4) is 0 Å². The van der Waals surface area contributed by atoms with Crippen LogP contribution in [0.3, 0.4) is 0 Å². The smallest absolute Gasteiger partial charge is 0.0462 e. The van der Waals surface area contributed by atoms with Crippen LogP contribution >= 0.6 is 11.8 Å². The Kier molecular flexibility index (Phi) is 5.46. The summed E-state index contributed by atoms with van der Waals surface area (Å²) < 4.78 is 0. The van der Waals surface area contributed by atoms with E-state index in [2.05, 4.69) is 17.1 Å². The van der Waals surface area contributed by atoms with Crippen LogP contribution in [-0.4, -0.2) is 35.8 Å². The molecule has 1 aliphatic carbocycles.